The third kappa shape index (κ3) is 4.60. The van der Waals surface area contributed by atoms with E-state index in [-0.39, 0.29) is 12.0 Å². The number of amides is 4. The summed E-state index contributed by atoms with van der Waals surface area (Å²) < 4.78 is 10.7. The van der Waals surface area contributed by atoms with Crippen molar-refractivity contribution in [3.05, 3.63) is 64.7 Å². The monoisotopic (exact) mass is 485 g/mol. The first-order valence-electron chi connectivity index (χ1n) is 11.2. The molecule has 9 heteroatoms. The fourth-order valence-electron chi connectivity index (χ4n) is 4.58. The number of ether oxygens (including phenoxy) is 2. The Labute approximate surface area is 203 Å². The normalized spacial score (nSPS) is 21.8. The first-order chi connectivity index (χ1) is 16.3. The van der Waals surface area contributed by atoms with Gasteiger partial charge in [0.1, 0.15) is 17.8 Å². The molecule has 2 fully saturated rings. The SMILES string of the molecule is COc1ccc(C2(C)NC(=O)N(CC(=O)NCC3(c4cccc(Cl)c4)CCOCC3)C2=O)cc1. The van der Waals surface area contributed by atoms with Crippen molar-refractivity contribution in [2.45, 2.75) is 30.7 Å². The molecule has 180 valence electrons. The van der Waals surface area contributed by atoms with Crippen LogP contribution in [0.5, 0.6) is 5.75 Å². The van der Waals surface area contributed by atoms with Gasteiger partial charge in [-0.15, -0.1) is 0 Å². The quantitative estimate of drug-likeness (QED) is 0.588. The minimum Gasteiger partial charge on any atom is -0.497 e. The van der Waals surface area contributed by atoms with Crippen LogP contribution in [0.15, 0.2) is 48.5 Å². The molecule has 0 aromatic heterocycles. The van der Waals surface area contributed by atoms with Crippen LogP contribution in [0.3, 0.4) is 0 Å². The Kier molecular flexibility index (Phi) is 6.81. The molecule has 2 aliphatic rings. The van der Waals surface area contributed by atoms with E-state index in [1.165, 1.54) is 0 Å². The molecule has 2 saturated heterocycles. The van der Waals surface area contributed by atoms with Crippen molar-refractivity contribution >= 4 is 29.4 Å². The van der Waals surface area contributed by atoms with Crippen LogP contribution in [0.4, 0.5) is 4.79 Å². The van der Waals surface area contributed by atoms with E-state index < -0.39 is 23.4 Å². The van der Waals surface area contributed by atoms with Gasteiger partial charge >= 0.3 is 6.03 Å². The molecule has 2 aromatic carbocycles. The largest absolute Gasteiger partial charge is 0.497 e. The van der Waals surface area contributed by atoms with Crippen molar-refractivity contribution in [2.24, 2.45) is 0 Å². The zero-order chi connectivity index (χ0) is 24.3. The maximum Gasteiger partial charge on any atom is 0.325 e. The van der Waals surface area contributed by atoms with Gasteiger partial charge in [0.2, 0.25) is 5.91 Å². The number of hydrogen-bond acceptors (Lipinski definition) is 5. The second-order valence-electron chi connectivity index (χ2n) is 8.85. The molecule has 0 aliphatic carbocycles. The second kappa shape index (κ2) is 9.64. The Hall–Kier alpha value is -3.10. The van der Waals surface area contributed by atoms with E-state index in [2.05, 4.69) is 10.6 Å². The lowest BCUT2D eigenvalue weighted by molar-refractivity contribution is -0.134. The molecule has 2 N–H and O–H groups in total. The molecular weight excluding hydrogens is 458 g/mol. The number of carbonyl (C=O) groups excluding carboxylic acids is 3. The Morgan fingerprint density at radius 2 is 1.85 bits per heavy atom. The molecule has 2 aliphatic heterocycles. The number of methoxy groups -OCH3 is 1. The summed E-state index contributed by atoms with van der Waals surface area (Å²) in [6.45, 7) is 2.78. The fraction of sp³-hybridized carbons (Fsp3) is 0.400. The molecular formula is C25H28ClN3O5. The minimum atomic E-state index is -1.26. The summed E-state index contributed by atoms with van der Waals surface area (Å²) in [5.74, 6) is -0.245. The zero-order valence-electron chi connectivity index (χ0n) is 19.2. The lowest BCUT2D eigenvalue weighted by Gasteiger charge is -2.38. The van der Waals surface area contributed by atoms with Gasteiger partial charge < -0.3 is 20.1 Å². The third-order valence-corrected chi connectivity index (χ3v) is 6.99. The number of nitrogens with one attached hydrogen (secondary N) is 2. The molecule has 4 amide bonds. The molecule has 1 atom stereocenters. The number of halogens is 1. The highest BCUT2D eigenvalue weighted by atomic mass is 35.5. The fourth-order valence-corrected chi connectivity index (χ4v) is 4.77. The van der Waals surface area contributed by atoms with Crippen LogP contribution in [0.25, 0.3) is 0 Å². The molecule has 34 heavy (non-hydrogen) atoms. The summed E-state index contributed by atoms with van der Waals surface area (Å²) in [4.78, 5) is 39.6. The van der Waals surface area contributed by atoms with Crippen molar-refractivity contribution in [3.63, 3.8) is 0 Å². The van der Waals surface area contributed by atoms with E-state index in [0.717, 1.165) is 23.3 Å². The summed E-state index contributed by atoms with van der Waals surface area (Å²) in [5, 5.41) is 6.28. The Morgan fingerprint density at radius 3 is 2.50 bits per heavy atom. The average Bonchev–Trinajstić information content (AvgIpc) is 3.07. The zero-order valence-corrected chi connectivity index (χ0v) is 20.0. The van der Waals surface area contributed by atoms with Gasteiger partial charge in [-0.25, -0.2) is 4.79 Å². The van der Waals surface area contributed by atoms with E-state index in [4.69, 9.17) is 21.1 Å². The average molecular weight is 486 g/mol. The lowest BCUT2D eigenvalue weighted by Crippen LogP contribution is -2.48. The summed E-state index contributed by atoms with van der Waals surface area (Å²) in [6.07, 6.45) is 1.46. The maximum atomic E-state index is 13.2. The number of urea groups is 1. The molecule has 0 spiro atoms. The number of rotatable bonds is 7. The van der Waals surface area contributed by atoms with Crippen LogP contribution in [-0.2, 0) is 25.3 Å². The third-order valence-electron chi connectivity index (χ3n) is 6.75. The second-order valence-corrected chi connectivity index (χ2v) is 9.29. The minimum absolute atomic E-state index is 0.326. The van der Waals surface area contributed by atoms with E-state index >= 15 is 0 Å². The molecule has 2 aromatic rings. The molecule has 0 saturated carbocycles. The van der Waals surface area contributed by atoms with Gasteiger partial charge in [-0.05, 0) is 55.2 Å². The van der Waals surface area contributed by atoms with Gasteiger partial charge in [-0.3, -0.25) is 14.5 Å². The Balaban J connectivity index is 1.44. The van der Waals surface area contributed by atoms with Gasteiger partial charge in [0.15, 0.2) is 0 Å². The molecule has 0 bridgehead atoms. The van der Waals surface area contributed by atoms with Gasteiger partial charge in [-0.2, -0.15) is 0 Å². The predicted molar refractivity (Wildman–Crippen MR) is 127 cm³/mol. The molecule has 4 rings (SSSR count). The molecule has 1 unspecified atom stereocenters. The predicted octanol–water partition coefficient (Wildman–Crippen LogP) is 2.98. The number of carbonyl (C=O) groups is 3. The number of nitrogens with zero attached hydrogens (tertiary/aromatic N) is 1. The molecule has 8 nitrogen and oxygen atoms in total. The highest BCUT2D eigenvalue weighted by Gasteiger charge is 2.49. The standard InChI is InChI=1S/C25H28ClN3O5/c1-24(17-6-8-20(33-2)9-7-17)22(31)29(23(32)28-24)15-21(30)27-16-25(10-12-34-13-11-25)18-4-3-5-19(26)14-18/h3-9,14H,10-13,15-16H2,1-2H3,(H,27,30)(H,28,32). The van der Waals surface area contributed by atoms with E-state index in [1.807, 2.05) is 24.3 Å². The summed E-state index contributed by atoms with van der Waals surface area (Å²) >= 11 is 6.21. The smallest absolute Gasteiger partial charge is 0.325 e. The van der Waals surface area contributed by atoms with Crippen LogP contribution in [0, 0.1) is 0 Å². The van der Waals surface area contributed by atoms with Crippen molar-refractivity contribution in [1.82, 2.24) is 15.5 Å². The van der Waals surface area contributed by atoms with Crippen molar-refractivity contribution < 1.29 is 23.9 Å². The number of hydrogen-bond donors (Lipinski definition) is 2. The summed E-state index contributed by atoms with van der Waals surface area (Å²) in [7, 11) is 1.55. The van der Waals surface area contributed by atoms with Crippen molar-refractivity contribution in [1.29, 1.82) is 0 Å². The van der Waals surface area contributed by atoms with Crippen LogP contribution in [-0.4, -0.2) is 56.2 Å². The summed E-state index contributed by atoms with van der Waals surface area (Å²) in [6, 6.07) is 13.9. The van der Waals surface area contributed by atoms with Crippen molar-refractivity contribution in [2.75, 3.05) is 33.4 Å². The Morgan fingerprint density at radius 1 is 1.15 bits per heavy atom. The van der Waals surface area contributed by atoms with Gasteiger partial charge in [0.05, 0.1) is 7.11 Å². The molecule has 0 radical (unpaired) electrons. The van der Waals surface area contributed by atoms with E-state index in [9.17, 15) is 14.4 Å². The molecule has 2 heterocycles. The first-order valence-corrected chi connectivity index (χ1v) is 11.5. The van der Waals surface area contributed by atoms with E-state index in [0.29, 0.717) is 36.1 Å². The van der Waals surface area contributed by atoms with Crippen LogP contribution in [0.2, 0.25) is 5.02 Å². The number of imide groups is 1. The van der Waals surface area contributed by atoms with Crippen LogP contribution < -0.4 is 15.4 Å². The topological polar surface area (TPSA) is 97.0 Å². The van der Waals surface area contributed by atoms with Crippen LogP contribution >= 0.6 is 11.6 Å². The maximum absolute atomic E-state index is 13.2. The van der Waals surface area contributed by atoms with Gasteiger partial charge in [0.25, 0.3) is 5.91 Å². The van der Waals surface area contributed by atoms with E-state index in [1.54, 1.807) is 38.3 Å². The first kappa shape index (κ1) is 24.0. The Bertz CT molecular complexity index is 1080. The van der Waals surface area contributed by atoms with Crippen LogP contribution in [0.1, 0.15) is 30.9 Å². The van der Waals surface area contributed by atoms with Crippen molar-refractivity contribution in [3.8, 4) is 5.75 Å². The highest BCUT2D eigenvalue weighted by Crippen LogP contribution is 2.35. The van der Waals surface area contributed by atoms with Gasteiger partial charge in [-0.1, -0.05) is 35.9 Å². The van der Waals surface area contributed by atoms with Gasteiger partial charge in [0, 0.05) is 30.2 Å². The lowest BCUT2D eigenvalue weighted by atomic mass is 9.74. The number of benzene rings is 2. The summed E-state index contributed by atoms with van der Waals surface area (Å²) in [5.41, 5.74) is 0.0578. The highest BCUT2D eigenvalue weighted by molar-refractivity contribution is 6.30.